The zero-order chi connectivity index (χ0) is 32.4. The zero-order valence-corrected chi connectivity index (χ0v) is 26.9. The molecule has 2 fully saturated rings. The van der Waals surface area contributed by atoms with E-state index in [0.717, 1.165) is 5.56 Å². The highest BCUT2D eigenvalue weighted by molar-refractivity contribution is 5.96. The number of aliphatic hydroxyl groups is 1. The van der Waals surface area contributed by atoms with E-state index in [9.17, 15) is 24.3 Å². The molecule has 0 unspecified atom stereocenters. The maximum Gasteiger partial charge on any atom is 0.429 e. The summed E-state index contributed by atoms with van der Waals surface area (Å²) in [6.45, 7) is 13.5. The number of amides is 4. The van der Waals surface area contributed by atoms with E-state index in [1.54, 1.807) is 57.2 Å². The minimum Gasteiger partial charge on any atom is -0.442 e. The Morgan fingerprint density at radius 1 is 0.932 bits per heavy atom. The van der Waals surface area contributed by atoms with Gasteiger partial charge in [-0.2, -0.15) is 0 Å². The number of hydrogen-bond acceptors (Lipinski definition) is 6. The molecule has 2 aliphatic rings. The Balaban J connectivity index is 1.58. The normalized spacial score (nSPS) is 20.7. The topological polar surface area (TPSA) is 119 Å². The first kappa shape index (κ1) is 33.0. The standard InChI is InChI=1S/C34H46N4O6/c1-8-12-24(19-35-29(40)22-15-17-25(18-16-22)33(2,3)4)31(42)38-28-26(20-37(38)32(43)44-34(5,6)7)36(21-27(28)39)30(41)23-13-10-9-11-14-23/h9-11,13-18,24,26-28,39H,8,12,19-21H2,1-7H3,(H,35,40)/t24-,26+,27-,28-/m0/s1. The van der Waals surface area contributed by atoms with E-state index >= 15 is 0 Å². The number of ether oxygens (including phenoxy) is 1. The molecule has 0 aromatic heterocycles. The molecule has 2 aromatic carbocycles. The van der Waals surface area contributed by atoms with Crippen molar-refractivity contribution < 1.29 is 29.0 Å². The lowest BCUT2D eigenvalue weighted by Gasteiger charge is -2.36. The number of rotatable bonds is 7. The third-order valence-corrected chi connectivity index (χ3v) is 8.10. The molecule has 0 saturated carbocycles. The Morgan fingerprint density at radius 3 is 2.14 bits per heavy atom. The number of aliphatic hydroxyl groups excluding tert-OH is 1. The van der Waals surface area contributed by atoms with Gasteiger partial charge in [0.25, 0.3) is 11.8 Å². The molecule has 0 spiro atoms. The van der Waals surface area contributed by atoms with Crippen LogP contribution in [0.1, 0.15) is 87.6 Å². The van der Waals surface area contributed by atoms with Crippen LogP contribution >= 0.6 is 0 Å². The van der Waals surface area contributed by atoms with Crippen molar-refractivity contribution in [2.45, 2.75) is 90.5 Å². The summed E-state index contributed by atoms with van der Waals surface area (Å²) in [5.41, 5.74) is 1.16. The predicted molar refractivity (Wildman–Crippen MR) is 167 cm³/mol. The van der Waals surface area contributed by atoms with Gasteiger partial charge in [-0.05, 0) is 62.4 Å². The van der Waals surface area contributed by atoms with Crippen molar-refractivity contribution in [2.24, 2.45) is 5.92 Å². The molecule has 238 valence electrons. The molecular weight excluding hydrogens is 560 g/mol. The zero-order valence-electron chi connectivity index (χ0n) is 26.9. The van der Waals surface area contributed by atoms with E-state index < -0.39 is 41.7 Å². The molecule has 2 saturated heterocycles. The minimum absolute atomic E-state index is 0.00766. The number of hydrogen-bond donors (Lipinski definition) is 2. The second-order valence-corrected chi connectivity index (χ2v) is 13.7. The third-order valence-electron chi connectivity index (χ3n) is 8.10. The van der Waals surface area contributed by atoms with Crippen LogP contribution in [0.2, 0.25) is 0 Å². The van der Waals surface area contributed by atoms with Crippen molar-refractivity contribution in [1.29, 1.82) is 0 Å². The van der Waals surface area contributed by atoms with E-state index in [1.807, 2.05) is 25.1 Å². The second kappa shape index (κ2) is 13.0. The van der Waals surface area contributed by atoms with Crippen LogP contribution in [-0.2, 0) is 14.9 Å². The van der Waals surface area contributed by atoms with Gasteiger partial charge in [0.05, 0.1) is 24.6 Å². The van der Waals surface area contributed by atoms with E-state index in [-0.39, 0.29) is 36.9 Å². The predicted octanol–water partition coefficient (Wildman–Crippen LogP) is 4.38. The van der Waals surface area contributed by atoms with Crippen LogP contribution in [0.25, 0.3) is 0 Å². The van der Waals surface area contributed by atoms with Crippen molar-refractivity contribution in [3.8, 4) is 0 Å². The number of hydrazine groups is 1. The largest absolute Gasteiger partial charge is 0.442 e. The van der Waals surface area contributed by atoms with Gasteiger partial charge in [-0.3, -0.25) is 14.4 Å². The molecule has 2 N–H and O–H groups in total. The Hall–Kier alpha value is -3.92. The second-order valence-electron chi connectivity index (χ2n) is 13.7. The highest BCUT2D eigenvalue weighted by Gasteiger charge is 2.57. The maximum absolute atomic E-state index is 14.3. The summed E-state index contributed by atoms with van der Waals surface area (Å²) in [4.78, 5) is 55.8. The van der Waals surface area contributed by atoms with Gasteiger partial charge < -0.3 is 20.1 Å². The van der Waals surface area contributed by atoms with Gasteiger partial charge in [0.1, 0.15) is 11.6 Å². The molecule has 4 atom stereocenters. The molecule has 0 bridgehead atoms. The van der Waals surface area contributed by atoms with Gasteiger partial charge in [-0.1, -0.05) is 64.4 Å². The number of nitrogens with zero attached hydrogens (tertiary/aromatic N) is 3. The highest BCUT2D eigenvalue weighted by atomic mass is 16.6. The smallest absolute Gasteiger partial charge is 0.429 e. The van der Waals surface area contributed by atoms with Crippen molar-refractivity contribution in [2.75, 3.05) is 19.6 Å². The first-order chi connectivity index (χ1) is 20.6. The highest BCUT2D eigenvalue weighted by Crippen LogP contribution is 2.35. The molecule has 10 heteroatoms. The van der Waals surface area contributed by atoms with Crippen molar-refractivity contribution >= 4 is 23.8 Å². The molecule has 44 heavy (non-hydrogen) atoms. The summed E-state index contributed by atoms with van der Waals surface area (Å²) in [5.74, 6) is -1.68. The van der Waals surface area contributed by atoms with Crippen molar-refractivity contribution in [3.05, 3.63) is 71.3 Å². The van der Waals surface area contributed by atoms with E-state index in [1.165, 1.54) is 14.9 Å². The van der Waals surface area contributed by atoms with Gasteiger partial charge in [-0.15, -0.1) is 0 Å². The lowest BCUT2D eigenvalue weighted by molar-refractivity contribution is -0.154. The summed E-state index contributed by atoms with van der Waals surface area (Å²) in [6, 6.07) is 14.7. The molecule has 2 heterocycles. The van der Waals surface area contributed by atoms with Gasteiger partial charge >= 0.3 is 6.09 Å². The van der Waals surface area contributed by atoms with Crippen LogP contribution < -0.4 is 5.32 Å². The van der Waals surface area contributed by atoms with Gasteiger partial charge in [0, 0.05) is 24.2 Å². The molecule has 10 nitrogen and oxygen atoms in total. The SMILES string of the molecule is CCC[C@@H](CNC(=O)c1ccc(C(C)(C)C)cc1)C(=O)N1[C@H]2[C@@H](CN1C(=O)OC(C)(C)C)N(C(=O)c1ccccc1)C[C@@H]2O. The molecule has 2 aromatic rings. The molecule has 4 amide bonds. The quantitative estimate of drug-likeness (QED) is 0.483. The van der Waals surface area contributed by atoms with E-state index in [2.05, 4.69) is 26.1 Å². The van der Waals surface area contributed by atoms with Gasteiger partial charge in [0.15, 0.2) is 0 Å². The summed E-state index contributed by atoms with van der Waals surface area (Å²) < 4.78 is 5.65. The number of carbonyl (C=O) groups is 4. The lowest BCUT2D eigenvalue weighted by Crippen LogP contribution is -2.55. The first-order valence-corrected chi connectivity index (χ1v) is 15.4. The lowest BCUT2D eigenvalue weighted by atomic mass is 9.86. The summed E-state index contributed by atoms with van der Waals surface area (Å²) in [6.07, 6.45) is -0.719. The molecule has 2 aliphatic heterocycles. The van der Waals surface area contributed by atoms with Crippen LogP contribution in [0.5, 0.6) is 0 Å². The summed E-state index contributed by atoms with van der Waals surface area (Å²) >= 11 is 0. The fourth-order valence-electron chi connectivity index (χ4n) is 5.86. The van der Waals surface area contributed by atoms with E-state index in [4.69, 9.17) is 4.74 Å². The average Bonchev–Trinajstić information content (AvgIpc) is 3.51. The van der Waals surface area contributed by atoms with Crippen molar-refractivity contribution in [3.63, 3.8) is 0 Å². The Morgan fingerprint density at radius 2 is 1.57 bits per heavy atom. The molecule has 4 rings (SSSR count). The van der Waals surface area contributed by atoms with E-state index in [0.29, 0.717) is 24.0 Å². The summed E-state index contributed by atoms with van der Waals surface area (Å²) in [5, 5.41) is 16.6. The molecular formula is C34H46N4O6. The van der Waals surface area contributed by atoms with Crippen LogP contribution in [0, 0.1) is 5.92 Å². The Labute approximate surface area is 260 Å². The number of fused-ring (bicyclic) bond motifs is 1. The van der Waals surface area contributed by atoms with Crippen LogP contribution in [-0.4, -0.2) is 87.3 Å². The first-order valence-electron chi connectivity index (χ1n) is 15.4. The fraction of sp³-hybridized carbons (Fsp3) is 0.529. The van der Waals surface area contributed by atoms with Gasteiger partial charge in [-0.25, -0.2) is 14.8 Å². The average molecular weight is 607 g/mol. The molecule has 0 radical (unpaired) electrons. The van der Waals surface area contributed by atoms with Crippen LogP contribution in [0.4, 0.5) is 4.79 Å². The van der Waals surface area contributed by atoms with Crippen LogP contribution in [0.3, 0.4) is 0 Å². The summed E-state index contributed by atoms with van der Waals surface area (Å²) in [7, 11) is 0. The Bertz CT molecular complexity index is 1350. The third kappa shape index (κ3) is 7.23. The fourth-order valence-corrected chi connectivity index (χ4v) is 5.86. The number of β-amino-alcohol motifs (C(OH)–C–C–N with tert-alkyl or cyclic N) is 1. The maximum atomic E-state index is 14.3. The number of likely N-dealkylation sites (tertiary alicyclic amines) is 1. The Kier molecular flexibility index (Phi) is 9.73. The minimum atomic E-state index is -1.08. The number of benzene rings is 2. The molecule has 0 aliphatic carbocycles. The monoisotopic (exact) mass is 606 g/mol. The van der Waals surface area contributed by atoms with Gasteiger partial charge in [0.2, 0.25) is 5.91 Å². The van der Waals surface area contributed by atoms with Crippen molar-refractivity contribution in [1.82, 2.24) is 20.2 Å². The van der Waals surface area contributed by atoms with Crippen LogP contribution in [0.15, 0.2) is 54.6 Å². The number of carbonyl (C=O) groups excluding carboxylic acids is 4. The number of nitrogens with one attached hydrogen (secondary N) is 1.